The van der Waals surface area contributed by atoms with E-state index in [1.807, 2.05) is 0 Å². The summed E-state index contributed by atoms with van der Waals surface area (Å²) in [5, 5.41) is 36.4. The molecule has 0 aliphatic rings. The molecule has 13 nitrogen and oxygen atoms in total. The largest absolute Gasteiger partial charge is 0.480 e. The predicted molar refractivity (Wildman–Crippen MR) is 135 cm³/mol. The molecule has 1 heterocycles. The number of rotatable bonds is 14. The van der Waals surface area contributed by atoms with Gasteiger partial charge in [-0.2, -0.15) is 0 Å². The first-order valence-electron chi connectivity index (χ1n) is 11.9. The Balaban J connectivity index is 2.22. The van der Waals surface area contributed by atoms with Gasteiger partial charge in [0.05, 0.1) is 18.8 Å². The van der Waals surface area contributed by atoms with Crippen molar-refractivity contribution in [1.29, 1.82) is 0 Å². The zero-order valence-electron chi connectivity index (χ0n) is 21.0. The highest BCUT2D eigenvalue weighted by Crippen LogP contribution is 2.15. The summed E-state index contributed by atoms with van der Waals surface area (Å²) < 4.78 is 0. The van der Waals surface area contributed by atoms with Crippen LogP contribution in [0.25, 0.3) is 0 Å². The predicted octanol–water partition coefficient (Wildman–Crippen LogP) is -1.54. The van der Waals surface area contributed by atoms with E-state index in [0.29, 0.717) is 5.56 Å². The lowest BCUT2D eigenvalue weighted by Crippen LogP contribution is -2.64. The van der Waals surface area contributed by atoms with Gasteiger partial charge in [-0.1, -0.05) is 37.3 Å². The lowest BCUT2D eigenvalue weighted by molar-refractivity contribution is -0.150. The van der Waals surface area contributed by atoms with Crippen molar-refractivity contribution >= 4 is 29.5 Å². The molecular weight excluding hydrogens is 498 g/mol. The molecule has 0 radical (unpaired) electrons. The number of hydrogen-bond acceptors (Lipinski definition) is 8. The van der Waals surface area contributed by atoms with Crippen LogP contribution in [0.4, 0.5) is 0 Å². The van der Waals surface area contributed by atoms with E-state index in [0.717, 1.165) is 0 Å². The number of benzene rings is 1. The van der Waals surface area contributed by atoms with E-state index in [2.05, 4.69) is 20.9 Å². The summed E-state index contributed by atoms with van der Waals surface area (Å²) in [5.74, 6) is -5.21. The number of aliphatic hydroxyl groups is 2. The second-order valence-corrected chi connectivity index (χ2v) is 8.76. The number of ketones is 1. The fourth-order valence-corrected chi connectivity index (χ4v) is 3.62. The molecule has 3 amide bonds. The number of Topliss-reactive ketones (excluding diaryl/α,β-unsaturated/α-hetero) is 1. The van der Waals surface area contributed by atoms with Crippen molar-refractivity contribution in [2.75, 3.05) is 6.61 Å². The molecule has 206 valence electrons. The van der Waals surface area contributed by atoms with E-state index in [1.54, 1.807) is 36.4 Å². The van der Waals surface area contributed by atoms with Gasteiger partial charge in [0.25, 0.3) is 5.91 Å². The van der Waals surface area contributed by atoms with E-state index in [4.69, 9.17) is 5.73 Å². The first-order valence-corrected chi connectivity index (χ1v) is 11.9. The number of carbonyl (C=O) groups is 5. The van der Waals surface area contributed by atoms with Gasteiger partial charge >= 0.3 is 5.97 Å². The van der Waals surface area contributed by atoms with Crippen molar-refractivity contribution in [1.82, 2.24) is 20.9 Å². The molecule has 2 aromatic rings. The molecule has 0 aliphatic carbocycles. The topological polar surface area (TPSA) is 224 Å². The van der Waals surface area contributed by atoms with E-state index in [9.17, 15) is 39.3 Å². The number of H-pyrrole nitrogens is 1. The average Bonchev–Trinajstić information content (AvgIpc) is 3.44. The summed E-state index contributed by atoms with van der Waals surface area (Å²) in [5.41, 5.74) is 4.31. The van der Waals surface area contributed by atoms with Crippen molar-refractivity contribution in [3.63, 3.8) is 0 Å². The quantitative estimate of drug-likeness (QED) is 0.132. The van der Waals surface area contributed by atoms with Crippen LogP contribution in [0.5, 0.6) is 0 Å². The number of aliphatic hydroxyl groups excluding tert-OH is 2. The molecule has 0 bridgehead atoms. The van der Waals surface area contributed by atoms with Crippen molar-refractivity contribution < 1.29 is 39.3 Å². The maximum Gasteiger partial charge on any atom is 0.331 e. The Hall–Kier alpha value is -4.07. The fraction of sp³-hybridized carbons (Fsp3) is 0.400. The lowest BCUT2D eigenvalue weighted by Gasteiger charge is -2.29. The number of hydrogen-bond donors (Lipinski definition) is 8. The summed E-state index contributed by atoms with van der Waals surface area (Å²) in [6, 6.07) is 6.98. The maximum atomic E-state index is 13.2. The van der Waals surface area contributed by atoms with Crippen LogP contribution in [-0.4, -0.2) is 86.2 Å². The van der Waals surface area contributed by atoms with Crippen LogP contribution in [0, 0.1) is 0 Å². The van der Waals surface area contributed by atoms with Gasteiger partial charge in [0.1, 0.15) is 17.8 Å². The van der Waals surface area contributed by atoms with Crippen LogP contribution in [-0.2, 0) is 25.6 Å². The Kier molecular flexibility index (Phi) is 10.7. The Morgan fingerprint density at radius 1 is 0.974 bits per heavy atom. The number of aromatic amines is 1. The first-order chi connectivity index (χ1) is 17.9. The Labute approximate surface area is 218 Å². The third-order valence-electron chi connectivity index (χ3n) is 6.00. The minimum absolute atomic E-state index is 0.105. The normalized spacial score (nSPS) is 15.7. The molecule has 5 atom stereocenters. The minimum atomic E-state index is -2.29. The van der Waals surface area contributed by atoms with Gasteiger partial charge in [0.15, 0.2) is 11.3 Å². The standard InChI is InChI=1S/C25H33N5O8/c1-3-25(26,24(37)38)20(33)17(12-15-8-5-4-6-9-15)28-22(35)18(13-31)29-23(36)19(14(2)32)30-21(34)16-10-7-11-27-16/h4-11,14,17-19,27,31-32H,3,12-13,26H2,1-2H3,(H,28,35)(H,29,36)(H,30,34)(H,37,38). The van der Waals surface area contributed by atoms with Gasteiger partial charge in [-0.25, -0.2) is 4.79 Å². The van der Waals surface area contributed by atoms with Crippen LogP contribution in [0.2, 0.25) is 0 Å². The van der Waals surface area contributed by atoms with Gasteiger partial charge in [-0.3, -0.25) is 19.2 Å². The van der Waals surface area contributed by atoms with E-state index >= 15 is 0 Å². The number of nitrogens with two attached hydrogens (primary N) is 1. The Bertz CT molecular complexity index is 1120. The molecule has 0 saturated carbocycles. The number of carboxylic acid groups (broad SMARTS) is 1. The molecule has 2 rings (SSSR count). The minimum Gasteiger partial charge on any atom is -0.480 e. The zero-order valence-corrected chi connectivity index (χ0v) is 21.0. The van der Waals surface area contributed by atoms with Gasteiger partial charge in [-0.05, 0) is 37.5 Å². The van der Waals surface area contributed by atoms with Crippen LogP contribution in [0.1, 0.15) is 36.3 Å². The van der Waals surface area contributed by atoms with Crippen LogP contribution >= 0.6 is 0 Å². The van der Waals surface area contributed by atoms with Gasteiger partial charge in [-0.15, -0.1) is 0 Å². The molecule has 5 unspecified atom stereocenters. The first kappa shape index (κ1) is 30.2. The number of aliphatic carboxylic acids is 1. The molecule has 0 fully saturated rings. The highest BCUT2D eigenvalue weighted by atomic mass is 16.4. The second-order valence-electron chi connectivity index (χ2n) is 8.76. The Morgan fingerprint density at radius 2 is 1.61 bits per heavy atom. The summed E-state index contributed by atoms with van der Waals surface area (Å²) in [6.45, 7) is 1.77. The SMILES string of the molecule is CCC(N)(C(=O)O)C(=O)C(Cc1ccccc1)NC(=O)C(CO)NC(=O)C(NC(=O)c1ccc[nH]1)C(C)O. The van der Waals surface area contributed by atoms with Crippen molar-refractivity contribution in [3.8, 4) is 0 Å². The molecule has 9 N–H and O–H groups in total. The van der Waals surface area contributed by atoms with Crippen molar-refractivity contribution in [2.45, 2.75) is 56.5 Å². The molecule has 1 aromatic heterocycles. The van der Waals surface area contributed by atoms with Gasteiger partial charge < -0.3 is 42.0 Å². The summed E-state index contributed by atoms with van der Waals surface area (Å²) >= 11 is 0. The number of carboxylic acids is 1. The molecule has 1 aromatic carbocycles. The highest BCUT2D eigenvalue weighted by molar-refractivity contribution is 6.11. The van der Waals surface area contributed by atoms with Crippen molar-refractivity contribution in [2.24, 2.45) is 5.73 Å². The van der Waals surface area contributed by atoms with Crippen LogP contribution in [0.3, 0.4) is 0 Å². The van der Waals surface area contributed by atoms with Gasteiger partial charge in [0.2, 0.25) is 11.8 Å². The van der Waals surface area contributed by atoms with E-state index in [1.165, 1.54) is 26.1 Å². The number of nitrogens with one attached hydrogen (secondary N) is 4. The summed E-state index contributed by atoms with van der Waals surface area (Å²) in [4.78, 5) is 65.8. The molecule has 0 spiro atoms. The van der Waals surface area contributed by atoms with Crippen LogP contribution in [0.15, 0.2) is 48.7 Å². The second kappa shape index (κ2) is 13.5. The van der Waals surface area contributed by atoms with E-state index < -0.39 is 65.8 Å². The molecule has 38 heavy (non-hydrogen) atoms. The third kappa shape index (κ3) is 7.47. The van der Waals surface area contributed by atoms with Crippen molar-refractivity contribution in [3.05, 3.63) is 59.9 Å². The molecular formula is C25H33N5O8. The Morgan fingerprint density at radius 3 is 2.11 bits per heavy atom. The number of aromatic nitrogens is 1. The molecule has 0 saturated heterocycles. The molecule has 0 aliphatic heterocycles. The summed E-state index contributed by atoms with van der Waals surface area (Å²) in [7, 11) is 0. The summed E-state index contributed by atoms with van der Waals surface area (Å²) in [6.07, 6.45) is -0.239. The lowest BCUT2D eigenvalue weighted by atomic mass is 9.85. The average molecular weight is 532 g/mol. The monoisotopic (exact) mass is 531 g/mol. The fourth-order valence-electron chi connectivity index (χ4n) is 3.62. The van der Waals surface area contributed by atoms with Gasteiger partial charge in [0, 0.05) is 6.20 Å². The molecule has 13 heteroatoms. The van der Waals surface area contributed by atoms with Crippen LogP contribution < -0.4 is 21.7 Å². The number of amides is 3. The zero-order chi connectivity index (χ0) is 28.5. The smallest absolute Gasteiger partial charge is 0.331 e. The maximum absolute atomic E-state index is 13.2. The third-order valence-corrected chi connectivity index (χ3v) is 6.00. The van der Waals surface area contributed by atoms with E-state index in [-0.39, 0.29) is 18.5 Å². The number of carbonyl (C=O) groups excluding carboxylic acids is 4. The highest BCUT2D eigenvalue weighted by Gasteiger charge is 2.45.